The zero-order chi connectivity index (χ0) is 11.8. The Morgan fingerprint density at radius 1 is 1.56 bits per heavy atom. The van der Waals surface area contributed by atoms with Crippen LogP contribution in [0, 0.1) is 5.92 Å². The second-order valence-corrected chi connectivity index (χ2v) is 3.97. The summed E-state index contributed by atoms with van der Waals surface area (Å²) in [5.41, 5.74) is -1.25. The van der Waals surface area contributed by atoms with Crippen LogP contribution in [0.15, 0.2) is 0 Å². The number of nitrogens with zero attached hydrogens (tertiary/aromatic N) is 3. The molecule has 0 aromatic carbocycles. The third kappa shape index (κ3) is 1.73. The Labute approximate surface area is 90.4 Å². The minimum Gasteiger partial charge on any atom is -0.480 e. The molecule has 1 atom stereocenters. The first-order valence-electron chi connectivity index (χ1n) is 4.83. The van der Waals surface area contributed by atoms with Crippen molar-refractivity contribution in [3.8, 4) is 0 Å². The fraction of sp³-hybridized carbons (Fsp3) is 0.625. The van der Waals surface area contributed by atoms with Crippen molar-refractivity contribution in [2.24, 2.45) is 5.92 Å². The molecule has 0 radical (unpaired) electrons. The number of amides is 1. The van der Waals surface area contributed by atoms with E-state index in [4.69, 9.17) is 5.11 Å². The molecule has 1 heterocycles. The van der Waals surface area contributed by atoms with Gasteiger partial charge in [0.1, 0.15) is 5.54 Å². The van der Waals surface area contributed by atoms with Gasteiger partial charge < -0.3 is 10.4 Å². The predicted molar refractivity (Wildman–Crippen MR) is 50.4 cm³/mol. The van der Waals surface area contributed by atoms with Crippen molar-refractivity contribution < 1.29 is 14.7 Å². The van der Waals surface area contributed by atoms with Crippen LogP contribution in [-0.4, -0.2) is 43.1 Å². The van der Waals surface area contributed by atoms with Gasteiger partial charge in [-0.1, -0.05) is 0 Å². The summed E-state index contributed by atoms with van der Waals surface area (Å²) in [7, 11) is 0. The van der Waals surface area contributed by atoms with Gasteiger partial charge in [0.25, 0.3) is 11.7 Å². The highest BCUT2D eigenvalue weighted by molar-refractivity contribution is 5.95. The average Bonchev–Trinajstić information content (AvgIpc) is 2.94. The molecule has 2 rings (SSSR count). The molecule has 1 unspecified atom stereocenters. The summed E-state index contributed by atoms with van der Waals surface area (Å²) in [5, 5.41) is 23.9. The maximum Gasteiger partial charge on any atom is 0.329 e. The number of tetrazole rings is 1. The standard InChI is InChI=1S/C8H11N5O3/c1-8(7(15)16,4-2-3-4)9-6(14)5-10-12-13-11-5/h4H,2-3H2,1H3,(H,9,14)(H,15,16)(H,10,11,12,13). The fourth-order valence-corrected chi connectivity index (χ4v) is 1.54. The second-order valence-electron chi connectivity index (χ2n) is 3.97. The highest BCUT2D eigenvalue weighted by Crippen LogP contribution is 2.39. The van der Waals surface area contributed by atoms with E-state index in [0.29, 0.717) is 0 Å². The number of carboxylic acids is 1. The van der Waals surface area contributed by atoms with Crippen molar-refractivity contribution in [3.05, 3.63) is 5.82 Å². The Kier molecular flexibility index (Phi) is 2.33. The lowest BCUT2D eigenvalue weighted by molar-refractivity contribution is -0.144. The Morgan fingerprint density at radius 3 is 2.69 bits per heavy atom. The summed E-state index contributed by atoms with van der Waals surface area (Å²) in [6, 6.07) is 0. The summed E-state index contributed by atoms with van der Waals surface area (Å²) in [6.07, 6.45) is 1.60. The SMILES string of the molecule is CC(NC(=O)c1nn[nH]n1)(C(=O)O)C1CC1. The molecule has 1 fully saturated rings. The largest absolute Gasteiger partial charge is 0.480 e. The second kappa shape index (κ2) is 3.54. The maximum absolute atomic E-state index is 11.6. The summed E-state index contributed by atoms with van der Waals surface area (Å²) in [4.78, 5) is 22.7. The molecule has 1 aromatic rings. The van der Waals surface area contributed by atoms with Gasteiger partial charge in [0.05, 0.1) is 0 Å². The lowest BCUT2D eigenvalue weighted by atomic mass is 9.96. The van der Waals surface area contributed by atoms with E-state index in [0.717, 1.165) is 12.8 Å². The number of carbonyl (C=O) groups excluding carboxylic acids is 1. The number of hydrogen-bond acceptors (Lipinski definition) is 5. The summed E-state index contributed by atoms with van der Waals surface area (Å²) < 4.78 is 0. The highest BCUT2D eigenvalue weighted by atomic mass is 16.4. The monoisotopic (exact) mass is 225 g/mol. The third-order valence-corrected chi connectivity index (χ3v) is 2.76. The summed E-state index contributed by atoms with van der Waals surface area (Å²) >= 11 is 0. The Morgan fingerprint density at radius 2 is 2.25 bits per heavy atom. The van der Waals surface area contributed by atoms with E-state index in [2.05, 4.69) is 25.9 Å². The molecule has 8 heteroatoms. The Bertz CT molecular complexity index is 413. The van der Waals surface area contributed by atoms with E-state index in [-0.39, 0.29) is 11.7 Å². The molecule has 1 saturated carbocycles. The van der Waals surface area contributed by atoms with Crippen molar-refractivity contribution >= 4 is 11.9 Å². The minimum absolute atomic E-state index is 0.0270. The molecule has 86 valence electrons. The van der Waals surface area contributed by atoms with Crippen LogP contribution in [0.5, 0.6) is 0 Å². The molecule has 1 aliphatic carbocycles. The van der Waals surface area contributed by atoms with Crippen molar-refractivity contribution in [3.63, 3.8) is 0 Å². The number of nitrogens with one attached hydrogen (secondary N) is 2. The molecular weight excluding hydrogens is 214 g/mol. The molecule has 8 nitrogen and oxygen atoms in total. The number of aromatic amines is 1. The van der Waals surface area contributed by atoms with E-state index < -0.39 is 17.4 Å². The quantitative estimate of drug-likeness (QED) is 0.615. The van der Waals surface area contributed by atoms with Gasteiger partial charge in [-0.25, -0.2) is 4.79 Å². The molecular formula is C8H11N5O3. The van der Waals surface area contributed by atoms with E-state index in [1.807, 2.05) is 0 Å². The fourth-order valence-electron chi connectivity index (χ4n) is 1.54. The molecule has 1 amide bonds. The van der Waals surface area contributed by atoms with Gasteiger partial charge in [-0.05, 0) is 30.9 Å². The normalized spacial score (nSPS) is 18.8. The summed E-state index contributed by atoms with van der Waals surface area (Å²) in [6.45, 7) is 1.49. The lowest BCUT2D eigenvalue weighted by Gasteiger charge is -2.25. The van der Waals surface area contributed by atoms with Gasteiger partial charge in [0, 0.05) is 0 Å². The van der Waals surface area contributed by atoms with Crippen LogP contribution in [-0.2, 0) is 4.79 Å². The number of rotatable bonds is 4. The number of hydrogen-bond donors (Lipinski definition) is 3. The van der Waals surface area contributed by atoms with Crippen LogP contribution in [0.1, 0.15) is 30.4 Å². The van der Waals surface area contributed by atoms with E-state index in [9.17, 15) is 9.59 Å². The first-order valence-corrected chi connectivity index (χ1v) is 4.83. The van der Waals surface area contributed by atoms with Crippen LogP contribution in [0.2, 0.25) is 0 Å². The van der Waals surface area contributed by atoms with Gasteiger partial charge in [-0.3, -0.25) is 4.79 Å². The van der Waals surface area contributed by atoms with Gasteiger partial charge in [-0.15, -0.1) is 10.2 Å². The number of aromatic nitrogens is 4. The Balaban J connectivity index is 2.12. The van der Waals surface area contributed by atoms with E-state index >= 15 is 0 Å². The van der Waals surface area contributed by atoms with Crippen molar-refractivity contribution in [2.75, 3.05) is 0 Å². The van der Waals surface area contributed by atoms with Crippen molar-refractivity contribution in [1.82, 2.24) is 25.9 Å². The van der Waals surface area contributed by atoms with Gasteiger partial charge >= 0.3 is 5.97 Å². The minimum atomic E-state index is -1.25. The van der Waals surface area contributed by atoms with Crippen LogP contribution in [0.4, 0.5) is 0 Å². The lowest BCUT2D eigenvalue weighted by Crippen LogP contribution is -2.54. The van der Waals surface area contributed by atoms with E-state index in [1.54, 1.807) is 0 Å². The highest BCUT2D eigenvalue weighted by Gasteiger charge is 2.49. The molecule has 1 aliphatic rings. The maximum atomic E-state index is 11.6. The van der Waals surface area contributed by atoms with Crippen LogP contribution in [0.3, 0.4) is 0 Å². The van der Waals surface area contributed by atoms with Crippen LogP contribution < -0.4 is 5.32 Å². The predicted octanol–water partition coefficient (Wildman–Crippen LogP) is -0.817. The average molecular weight is 225 g/mol. The number of H-pyrrole nitrogens is 1. The Hall–Kier alpha value is -1.99. The molecule has 0 aliphatic heterocycles. The van der Waals surface area contributed by atoms with Gasteiger partial charge in [-0.2, -0.15) is 5.21 Å². The van der Waals surface area contributed by atoms with Crippen molar-refractivity contribution in [2.45, 2.75) is 25.3 Å². The topological polar surface area (TPSA) is 121 Å². The smallest absolute Gasteiger partial charge is 0.329 e. The molecule has 0 saturated heterocycles. The zero-order valence-electron chi connectivity index (χ0n) is 8.60. The first kappa shape index (κ1) is 10.5. The number of aliphatic carboxylic acids is 1. The molecule has 0 spiro atoms. The third-order valence-electron chi connectivity index (χ3n) is 2.76. The molecule has 16 heavy (non-hydrogen) atoms. The van der Waals surface area contributed by atoms with E-state index in [1.165, 1.54) is 6.92 Å². The zero-order valence-corrected chi connectivity index (χ0v) is 8.60. The number of carbonyl (C=O) groups is 2. The van der Waals surface area contributed by atoms with Crippen LogP contribution in [0.25, 0.3) is 0 Å². The first-order chi connectivity index (χ1) is 7.54. The molecule has 1 aromatic heterocycles. The van der Waals surface area contributed by atoms with Crippen LogP contribution >= 0.6 is 0 Å². The van der Waals surface area contributed by atoms with Crippen molar-refractivity contribution in [1.29, 1.82) is 0 Å². The molecule has 3 N–H and O–H groups in total. The number of carboxylic acid groups (broad SMARTS) is 1. The van der Waals surface area contributed by atoms with Gasteiger partial charge in [0.15, 0.2) is 0 Å². The molecule has 0 bridgehead atoms. The van der Waals surface area contributed by atoms with Gasteiger partial charge in [0.2, 0.25) is 0 Å². The summed E-state index contributed by atoms with van der Waals surface area (Å²) in [5.74, 6) is -1.87.